The van der Waals surface area contributed by atoms with Gasteiger partial charge in [-0.05, 0) is 45.0 Å². The Morgan fingerprint density at radius 1 is 1.25 bits per heavy atom. The molecule has 0 spiro atoms. The maximum Gasteiger partial charge on any atom is 0.318 e. The second-order valence-electron chi connectivity index (χ2n) is 11.1. The van der Waals surface area contributed by atoms with E-state index >= 15 is 0 Å². The van der Waals surface area contributed by atoms with E-state index in [1.807, 2.05) is 12.1 Å². The van der Waals surface area contributed by atoms with Crippen molar-refractivity contribution in [3.63, 3.8) is 0 Å². The largest absolute Gasteiger partial charge is 0.489 e. The first-order valence-electron chi connectivity index (χ1n) is 14.5. The van der Waals surface area contributed by atoms with E-state index in [0.29, 0.717) is 44.7 Å². The third-order valence-corrected chi connectivity index (χ3v) is 8.69. The molecule has 9 nitrogen and oxygen atoms in total. The zero-order chi connectivity index (χ0) is 28.2. The summed E-state index contributed by atoms with van der Waals surface area (Å²) in [6.07, 6.45) is 5.20. The van der Waals surface area contributed by atoms with Gasteiger partial charge in [-0.25, -0.2) is 0 Å². The number of amides is 1. The predicted molar refractivity (Wildman–Crippen MR) is 154 cm³/mol. The molecule has 1 amide bonds. The normalized spacial score (nSPS) is 24.4. The molecule has 4 atom stereocenters. The SMILES string of the molecule is C=CC(=O)N1CCN(c2nc(OCC3CCCN3C)nc(C[C@H]3Oc4ccccc4C3C)c2CC)CC1CC#N. The third-order valence-electron chi connectivity index (χ3n) is 8.69. The van der Waals surface area contributed by atoms with Crippen molar-refractivity contribution in [2.45, 2.75) is 70.1 Å². The number of piperazine rings is 1. The smallest absolute Gasteiger partial charge is 0.318 e. The Hall–Kier alpha value is -3.64. The number of rotatable bonds is 9. The summed E-state index contributed by atoms with van der Waals surface area (Å²) in [6, 6.07) is 11.0. The number of hydrogen-bond acceptors (Lipinski definition) is 8. The number of anilines is 1. The summed E-state index contributed by atoms with van der Waals surface area (Å²) in [6.45, 7) is 11.2. The molecule has 3 aliphatic heterocycles. The van der Waals surface area contributed by atoms with Gasteiger partial charge in [0.15, 0.2) is 0 Å². The summed E-state index contributed by atoms with van der Waals surface area (Å²) in [7, 11) is 2.13. The number of nitriles is 1. The number of carbonyl (C=O) groups is 1. The Balaban J connectivity index is 1.46. The Bertz CT molecular complexity index is 1280. The van der Waals surface area contributed by atoms with Crippen molar-refractivity contribution in [3.05, 3.63) is 53.7 Å². The van der Waals surface area contributed by atoms with Crippen LogP contribution < -0.4 is 14.4 Å². The lowest BCUT2D eigenvalue weighted by molar-refractivity contribution is -0.128. The van der Waals surface area contributed by atoms with Crippen molar-refractivity contribution in [3.8, 4) is 17.8 Å². The molecule has 212 valence electrons. The predicted octanol–water partition coefficient (Wildman–Crippen LogP) is 3.74. The van der Waals surface area contributed by atoms with Gasteiger partial charge in [-0.1, -0.05) is 38.6 Å². The number of aromatic nitrogens is 2. The number of fused-ring (bicyclic) bond motifs is 1. The summed E-state index contributed by atoms with van der Waals surface area (Å²) >= 11 is 0. The summed E-state index contributed by atoms with van der Waals surface area (Å²) in [5.41, 5.74) is 3.23. The maximum absolute atomic E-state index is 12.5. The van der Waals surface area contributed by atoms with Crippen LogP contribution in [0.15, 0.2) is 36.9 Å². The summed E-state index contributed by atoms with van der Waals surface area (Å²) in [5, 5.41) is 9.49. The molecule has 0 aliphatic carbocycles. The number of carbonyl (C=O) groups excluding carboxylic acids is 1. The fourth-order valence-corrected chi connectivity index (χ4v) is 6.29. The highest BCUT2D eigenvalue weighted by Crippen LogP contribution is 2.40. The summed E-state index contributed by atoms with van der Waals surface area (Å²) < 4.78 is 12.7. The Morgan fingerprint density at radius 2 is 2.08 bits per heavy atom. The van der Waals surface area contributed by atoms with Crippen LogP contribution in [0.3, 0.4) is 0 Å². The lowest BCUT2D eigenvalue weighted by atomic mass is 9.93. The first-order chi connectivity index (χ1) is 19.4. The molecule has 5 rings (SSSR count). The molecule has 2 saturated heterocycles. The van der Waals surface area contributed by atoms with Gasteiger partial charge < -0.3 is 24.2 Å². The van der Waals surface area contributed by atoms with Crippen molar-refractivity contribution in [2.75, 3.05) is 44.7 Å². The lowest BCUT2D eigenvalue weighted by Crippen LogP contribution is -2.55. The van der Waals surface area contributed by atoms with Crippen LogP contribution in [0.5, 0.6) is 11.8 Å². The highest BCUT2D eigenvalue weighted by molar-refractivity contribution is 5.87. The van der Waals surface area contributed by atoms with Gasteiger partial charge in [0.05, 0.1) is 24.2 Å². The van der Waals surface area contributed by atoms with E-state index in [-0.39, 0.29) is 30.4 Å². The quantitative estimate of drug-likeness (QED) is 0.441. The molecule has 0 N–H and O–H groups in total. The Labute approximate surface area is 237 Å². The zero-order valence-corrected chi connectivity index (χ0v) is 23.9. The van der Waals surface area contributed by atoms with Crippen LogP contribution in [0.4, 0.5) is 5.82 Å². The van der Waals surface area contributed by atoms with Crippen LogP contribution >= 0.6 is 0 Å². The van der Waals surface area contributed by atoms with E-state index in [0.717, 1.165) is 42.2 Å². The molecular formula is C31H40N6O3. The fraction of sp³-hybridized carbons (Fsp3) is 0.548. The molecule has 9 heteroatoms. The number of hydrogen-bond donors (Lipinski definition) is 0. The molecule has 0 saturated carbocycles. The highest BCUT2D eigenvalue weighted by Gasteiger charge is 2.35. The molecule has 1 aromatic heterocycles. The van der Waals surface area contributed by atoms with Gasteiger partial charge >= 0.3 is 6.01 Å². The molecule has 0 radical (unpaired) electrons. The molecule has 3 unspecified atom stereocenters. The van der Waals surface area contributed by atoms with Crippen molar-refractivity contribution in [2.24, 2.45) is 0 Å². The zero-order valence-electron chi connectivity index (χ0n) is 23.9. The minimum atomic E-state index is -0.239. The molecule has 4 heterocycles. The van der Waals surface area contributed by atoms with Crippen LogP contribution in [0, 0.1) is 11.3 Å². The third kappa shape index (κ3) is 5.64. The number of likely N-dealkylation sites (N-methyl/N-ethyl adjacent to an activating group) is 1. The molecule has 3 aliphatic rings. The van der Waals surface area contributed by atoms with E-state index in [9.17, 15) is 10.1 Å². The molecule has 0 bridgehead atoms. The molecule has 40 heavy (non-hydrogen) atoms. The van der Waals surface area contributed by atoms with Crippen LogP contribution in [0.1, 0.15) is 55.8 Å². The first kappa shape index (κ1) is 27.9. The molecule has 2 aromatic rings. The maximum atomic E-state index is 12.5. The van der Waals surface area contributed by atoms with Crippen molar-refractivity contribution >= 4 is 11.7 Å². The Kier molecular flexibility index (Phi) is 8.55. The standard InChI is InChI=1S/C31H40N6O3/c1-5-24-26(18-28-21(3)25-11-7-8-12-27(25)40-28)33-31(39-20-23-10-9-15-35(23)4)34-30(24)36-16-17-37(29(38)6-2)22(19-36)13-14-32/h6-8,11-12,21-23,28H,2,5,9-10,13,15-20H2,1,3-4H3/t21?,22?,23?,28-/m1/s1. The van der Waals surface area contributed by atoms with Gasteiger partial charge in [0.25, 0.3) is 0 Å². The van der Waals surface area contributed by atoms with Gasteiger partial charge in [0.1, 0.15) is 24.3 Å². The number of likely N-dealkylation sites (tertiary alicyclic amines) is 1. The number of ether oxygens (including phenoxy) is 2. The van der Waals surface area contributed by atoms with E-state index in [4.69, 9.17) is 19.4 Å². The molecule has 1 aromatic carbocycles. The van der Waals surface area contributed by atoms with Gasteiger partial charge in [0, 0.05) is 49.1 Å². The minimum Gasteiger partial charge on any atom is -0.489 e. The Morgan fingerprint density at radius 3 is 2.77 bits per heavy atom. The summed E-state index contributed by atoms with van der Waals surface area (Å²) in [5.74, 6) is 1.87. The van der Waals surface area contributed by atoms with Crippen molar-refractivity contribution in [1.29, 1.82) is 5.26 Å². The van der Waals surface area contributed by atoms with E-state index < -0.39 is 0 Å². The lowest BCUT2D eigenvalue weighted by Gasteiger charge is -2.41. The van der Waals surface area contributed by atoms with Crippen LogP contribution in [0.2, 0.25) is 0 Å². The van der Waals surface area contributed by atoms with Gasteiger partial charge in [-0.15, -0.1) is 0 Å². The monoisotopic (exact) mass is 544 g/mol. The second kappa shape index (κ2) is 12.3. The second-order valence-corrected chi connectivity index (χ2v) is 11.1. The minimum absolute atomic E-state index is 0.0346. The average molecular weight is 545 g/mol. The first-order valence-corrected chi connectivity index (χ1v) is 14.5. The number of para-hydroxylation sites is 1. The van der Waals surface area contributed by atoms with Crippen LogP contribution in [-0.4, -0.2) is 83.7 Å². The van der Waals surface area contributed by atoms with Crippen LogP contribution in [-0.2, 0) is 17.6 Å². The van der Waals surface area contributed by atoms with E-state index in [2.05, 4.69) is 55.5 Å². The number of benzene rings is 1. The van der Waals surface area contributed by atoms with Gasteiger partial charge in [-0.3, -0.25) is 4.79 Å². The summed E-state index contributed by atoms with van der Waals surface area (Å²) in [4.78, 5) is 28.7. The van der Waals surface area contributed by atoms with Crippen molar-refractivity contribution in [1.82, 2.24) is 19.8 Å². The highest BCUT2D eigenvalue weighted by atomic mass is 16.5. The fourth-order valence-electron chi connectivity index (χ4n) is 6.29. The van der Waals surface area contributed by atoms with Gasteiger partial charge in [-0.2, -0.15) is 15.2 Å². The average Bonchev–Trinajstić information content (AvgIpc) is 3.53. The van der Waals surface area contributed by atoms with E-state index in [1.165, 1.54) is 18.1 Å². The van der Waals surface area contributed by atoms with Gasteiger partial charge in [0.2, 0.25) is 5.91 Å². The molecular weight excluding hydrogens is 504 g/mol. The topological polar surface area (TPSA) is 94.8 Å². The number of nitrogens with zero attached hydrogens (tertiary/aromatic N) is 6. The molecule has 2 fully saturated rings. The van der Waals surface area contributed by atoms with Crippen LogP contribution in [0.25, 0.3) is 0 Å². The van der Waals surface area contributed by atoms with E-state index in [1.54, 1.807) is 4.90 Å². The van der Waals surface area contributed by atoms with Crippen molar-refractivity contribution < 1.29 is 14.3 Å².